The van der Waals surface area contributed by atoms with Crippen molar-refractivity contribution < 1.29 is 9.84 Å². The third-order valence-electron chi connectivity index (χ3n) is 3.02. The van der Waals surface area contributed by atoms with E-state index >= 15 is 0 Å². The smallest absolute Gasteiger partial charge is 0.119 e. The number of ether oxygens (including phenoxy) is 1. The van der Waals surface area contributed by atoms with E-state index in [-0.39, 0.29) is 0 Å². The molecule has 0 heterocycles. The molecule has 0 spiro atoms. The Morgan fingerprint density at radius 1 is 1.26 bits per heavy atom. The molecule has 0 saturated heterocycles. The molecule has 0 saturated carbocycles. The highest BCUT2D eigenvalue weighted by molar-refractivity contribution is 5.29. The van der Waals surface area contributed by atoms with Gasteiger partial charge in [0.05, 0.1) is 12.7 Å². The molecule has 0 fully saturated rings. The highest BCUT2D eigenvalue weighted by Gasteiger charge is 2.07. The Bertz CT molecular complexity index is 371. The van der Waals surface area contributed by atoms with Crippen LogP contribution in [0.5, 0.6) is 5.75 Å². The lowest BCUT2D eigenvalue weighted by atomic mass is 10.0. The number of aliphatic hydroxyl groups is 1. The van der Waals surface area contributed by atoms with Gasteiger partial charge in [-0.3, -0.25) is 0 Å². The van der Waals surface area contributed by atoms with Crippen LogP contribution >= 0.6 is 0 Å². The van der Waals surface area contributed by atoms with Gasteiger partial charge in [-0.1, -0.05) is 44.6 Å². The second kappa shape index (κ2) is 9.62. The lowest BCUT2D eigenvalue weighted by molar-refractivity contribution is 0.168. The summed E-state index contributed by atoms with van der Waals surface area (Å²) in [5.74, 6) is 0.856. The standard InChI is InChI=1S/C17H26O2/c1-3-5-7-8-12-17(18)15-10-9-11-16(14-15)19-13-6-4-2/h5,7,9-11,14,17-18H,3-4,6,8,12-13H2,1-2H3/b7-5-. The molecule has 1 unspecified atom stereocenters. The van der Waals surface area contributed by atoms with Crippen molar-refractivity contribution in [2.45, 2.75) is 52.1 Å². The van der Waals surface area contributed by atoms with Crippen molar-refractivity contribution in [2.75, 3.05) is 6.61 Å². The van der Waals surface area contributed by atoms with Gasteiger partial charge in [-0.25, -0.2) is 0 Å². The summed E-state index contributed by atoms with van der Waals surface area (Å²) in [7, 11) is 0. The number of hydrogen-bond acceptors (Lipinski definition) is 2. The minimum atomic E-state index is -0.406. The van der Waals surface area contributed by atoms with Crippen LogP contribution in [0.4, 0.5) is 0 Å². The maximum Gasteiger partial charge on any atom is 0.119 e. The van der Waals surface area contributed by atoms with Crippen LogP contribution in [-0.2, 0) is 0 Å². The van der Waals surface area contributed by atoms with E-state index in [1.807, 2.05) is 24.3 Å². The third-order valence-corrected chi connectivity index (χ3v) is 3.02. The lowest BCUT2D eigenvalue weighted by Gasteiger charge is -2.12. The average molecular weight is 262 g/mol. The van der Waals surface area contributed by atoms with Crippen molar-refractivity contribution in [1.82, 2.24) is 0 Å². The average Bonchev–Trinajstić information content (AvgIpc) is 2.44. The molecule has 19 heavy (non-hydrogen) atoms. The largest absolute Gasteiger partial charge is 0.494 e. The zero-order valence-corrected chi connectivity index (χ0v) is 12.1. The predicted molar refractivity (Wildman–Crippen MR) is 80.5 cm³/mol. The molecule has 1 aromatic rings. The Labute approximate surface area is 117 Å². The maximum atomic E-state index is 10.1. The highest BCUT2D eigenvalue weighted by Crippen LogP contribution is 2.23. The zero-order chi connectivity index (χ0) is 13.9. The molecule has 0 bridgehead atoms. The summed E-state index contributed by atoms with van der Waals surface area (Å²) in [6.45, 7) is 5.01. The molecular weight excluding hydrogens is 236 g/mol. The number of rotatable bonds is 9. The van der Waals surface area contributed by atoms with Crippen LogP contribution in [0.3, 0.4) is 0 Å². The van der Waals surface area contributed by atoms with E-state index in [4.69, 9.17) is 4.74 Å². The normalized spacial score (nSPS) is 12.8. The topological polar surface area (TPSA) is 29.5 Å². The molecule has 0 aromatic heterocycles. The Morgan fingerprint density at radius 3 is 2.84 bits per heavy atom. The number of aliphatic hydroxyl groups excluding tert-OH is 1. The lowest BCUT2D eigenvalue weighted by Crippen LogP contribution is -2.00. The number of benzene rings is 1. The SMILES string of the molecule is CC/C=C\CCC(O)c1cccc(OCCCC)c1. The molecule has 0 aliphatic carbocycles. The summed E-state index contributed by atoms with van der Waals surface area (Å²) < 4.78 is 5.66. The quantitative estimate of drug-likeness (QED) is 0.518. The minimum absolute atomic E-state index is 0.406. The van der Waals surface area contributed by atoms with E-state index < -0.39 is 6.10 Å². The van der Waals surface area contributed by atoms with Crippen molar-refractivity contribution in [1.29, 1.82) is 0 Å². The fourth-order valence-electron chi connectivity index (χ4n) is 1.85. The molecule has 2 heteroatoms. The van der Waals surface area contributed by atoms with Gasteiger partial charge in [0.15, 0.2) is 0 Å². The first-order valence-electron chi connectivity index (χ1n) is 7.33. The number of unbranched alkanes of at least 4 members (excludes halogenated alkanes) is 1. The van der Waals surface area contributed by atoms with Gasteiger partial charge in [0.2, 0.25) is 0 Å². The first kappa shape index (κ1) is 15.8. The molecule has 0 amide bonds. The van der Waals surface area contributed by atoms with Crippen molar-refractivity contribution in [3.05, 3.63) is 42.0 Å². The molecule has 1 N–H and O–H groups in total. The second-order valence-corrected chi connectivity index (χ2v) is 4.75. The molecular formula is C17H26O2. The van der Waals surface area contributed by atoms with Crippen molar-refractivity contribution in [3.8, 4) is 5.75 Å². The van der Waals surface area contributed by atoms with Gasteiger partial charge in [0.1, 0.15) is 5.75 Å². The van der Waals surface area contributed by atoms with Crippen LogP contribution in [0.25, 0.3) is 0 Å². The van der Waals surface area contributed by atoms with Crippen LogP contribution in [0.2, 0.25) is 0 Å². The van der Waals surface area contributed by atoms with Gasteiger partial charge >= 0.3 is 0 Å². The van der Waals surface area contributed by atoms with E-state index in [1.165, 1.54) is 0 Å². The van der Waals surface area contributed by atoms with Crippen LogP contribution in [0.1, 0.15) is 57.6 Å². The molecule has 1 aromatic carbocycles. The summed E-state index contributed by atoms with van der Waals surface area (Å²) >= 11 is 0. The third kappa shape index (κ3) is 6.44. The second-order valence-electron chi connectivity index (χ2n) is 4.75. The Morgan fingerprint density at radius 2 is 2.11 bits per heavy atom. The van der Waals surface area contributed by atoms with Crippen molar-refractivity contribution in [3.63, 3.8) is 0 Å². The summed E-state index contributed by atoms with van der Waals surface area (Å²) in [6.07, 6.45) is 8.78. The van der Waals surface area contributed by atoms with E-state index in [9.17, 15) is 5.11 Å². The van der Waals surface area contributed by atoms with Gasteiger partial charge in [-0.15, -0.1) is 0 Å². The number of allylic oxidation sites excluding steroid dienone is 2. The highest BCUT2D eigenvalue weighted by atomic mass is 16.5. The van der Waals surface area contributed by atoms with E-state index in [1.54, 1.807) is 0 Å². The van der Waals surface area contributed by atoms with E-state index in [0.717, 1.165) is 50.0 Å². The fourth-order valence-corrected chi connectivity index (χ4v) is 1.85. The maximum absolute atomic E-state index is 10.1. The van der Waals surface area contributed by atoms with Crippen LogP contribution in [0, 0.1) is 0 Å². The van der Waals surface area contributed by atoms with Crippen molar-refractivity contribution in [2.24, 2.45) is 0 Å². The summed E-state index contributed by atoms with van der Waals surface area (Å²) in [5.41, 5.74) is 0.943. The van der Waals surface area contributed by atoms with Gasteiger partial charge in [-0.05, 0) is 43.4 Å². The van der Waals surface area contributed by atoms with Crippen LogP contribution in [0.15, 0.2) is 36.4 Å². The molecule has 1 atom stereocenters. The monoisotopic (exact) mass is 262 g/mol. The predicted octanol–water partition coefficient (Wildman–Crippen LogP) is 4.65. The first-order chi connectivity index (χ1) is 9.27. The molecule has 0 radical (unpaired) electrons. The van der Waals surface area contributed by atoms with Crippen molar-refractivity contribution >= 4 is 0 Å². The molecule has 2 nitrogen and oxygen atoms in total. The Hall–Kier alpha value is -1.28. The summed E-state index contributed by atoms with van der Waals surface area (Å²) in [5, 5.41) is 10.1. The molecule has 1 rings (SSSR count). The Balaban J connectivity index is 2.47. The summed E-state index contributed by atoms with van der Waals surface area (Å²) in [4.78, 5) is 0. The van der Waals surface area contributed by atoms with Crippen LogP contribution in [-0.4, -0.2) is 11.7 Å². The molecule has 106 valence electrons. The van der Waals surface area contributed by atoms with E-state index in [0.29, 0.717) is 0 Å². The van der Waals surface area contributed by atoms with E-state index in [2.05, 4.69) is 26.0 Å². The fraction of sp³-hybridized carbons (Fsp3) is 0.529. The molecule has 0 aliphatic heterocycles. The molecule has 0 aliphatic rings. The minimum Gasteiger partial charge on any atom is -0.494 e. The zero-order valence-electron chi connectivity index (χ0n) is 12.1. The van der Waals surface area contributed by atoms with Gasteiger partial charge in [-0.2, -0.15) is 0 Å². The Kier molecular flexibility index (Phi) is 7.99. The van der Waals surface area contributed by atoms with Gasteiger partial charge in [0.25, 0.3) is 0 Å². The van der Waals surface area contributed by atoms with Gasteiger partial charge < -0.3 is 9.84 Å². The summed E-state index contributed by atoms with van der Waals surface area (Å²) in [6, 6.07) is 7.80. The first-order valence-corrected chi connectivity index (χ1v) is 7.33. The van der Waals surface area contributed by atoms with Gasteiger partial charge in [0, 0.05) is 0 Å². The van der Waals surface area contributed by atoms with Crippen LogP contribution < -0.4 is 4.74 Å². The number of hydrogen-bond donors (Lipinski definition) is 1.